The molecule has 0 unspecified atom stereocenters. The summed E-state index contributed by atoms with van der Waals surface area (Å²) in [6, 6.07) is 0.405. The first-order valence-corrected chi connectivity index (χ1v) is 8.43. The molecule has 1 aliphatic rings. The molecule has 0 spiro atoms. The van der Waals surface area contributed by atoms with E-state index in [9.17, 15) is 9.59 Å². The second kappa shape index (κ2) is 9.13. The lowest BCUT2D eigenvalue weighted by atomic mass is 9.83. The molecule has 0 bridgehead atoms. The average Bonchev–Trinajstić information content (AvgIpc) is 2.40. The van der Waals surface area contributed by atoms with Crippen LogP contribution in [0.25, 0.3) is 0 Å². The summed E-state index contributed by atoms with van der Waals surface area (Å²) >= 11 is 0. The first-order valence-electron chi connectivity index (χ1n) is 8.43. The van der Waals surface area contributed by atoms with Crippen molar-refractivity contribution in [3.8, 4) is 0 Å². The summed E-state index contributed by atoms with van der Waals surface area (Å²) in [6.07, 6.45) is 7.72. The number of carboxylic acid groups (broad SMARTS) is 1. The zero-order valence-corrected chi connectivity index (χ0v) is 14.2. The molecular weight excluding hydrogens is 282 g/mol. The van der Waals surface area contributed by atoms with Crippen LogP contribution in [0.15, 0.2) is 0 Å². The van der Waals surface area contributed by atoms with Crippen molar-refractivity contribution in [3.05, 3.63) is 0 Å². The minimum absolute atomic E-state index is 0.191. The van der Waals surface area contributed by atoms with Crippen molar-refractivity contribution in [1.82, 2.24) is 5.32 Å². The van der Waals surface area contributed by atoms with E-state index in [-0.39, 0.29) is 18.9 Å². The predicted octanol–water partition coefficient (Wildman–Crippen LogP) is 3.12. The molecule has 0 saturated heterocycles. The zero-order chi connectivity index (χ0) is 16.6. The number of esters is 1. The van der Waals surface area contributed by atoms with Crippen molar-refractivity contribution in [1.29, 1.82) is 0 Å². The molecular formula is C17H31NO4. The SMILES string of the molecule is CC(C)(C)OC(=O)CNC1CCC(CCCCC(=O)O)CC1. The molecule has 5 nitrogen and oxygen atoms in total. The Morgan fingerprint density at radius 1 is 1.14 bits per heavy atom. The lowest BCUT2D eigenvalue weighted by Crippen LogP contribution is -2.39. The van der Waals surface area contributed by atoms with E-state index in [0.29, 0.717) is 12.0 Å². The van der Waals surface area contributed by atoms with E-state index in [4.69, 9.17) is 9.84 Å². The molecule has 2 N–H and O–H groups in total. The summed E-state index contributed by atoms with van der Waals surface area (Å²) in [5, 5.41) is 11.9. The number of hydrogen-bond donors (Lipinski definition) is 2. The third kappa shape index (κ3) is 9.03. The van der Waals surface area contributed by atoms with E-state index in [1.165, 1.54) is 12.8 Å². The molecule has 0 amide bonds. The number of unbranched alkanes of at least 4 members (excludes halogenated alkanes) is 1. The molecule has 1 rings (SSSR count). The number of ether oxygens (including phenoxy) is 1. The Kier molecular flexibility index (Phi) is 7.87. The molecule has 0 atom stereocenters. The van der Waals surface area contributed by atoms with Crippen molar-refractivity contribution >= 4 is 11.9 Å². The van der Waals surface area contributed by atoms with Gasteiger partial charge in [0.1, 0.15) is 5.60 Å². The number of carbonyl (C=O) groups excluding carboxylic acids is 1. The van der Waals surface area contributed by atoms with E-state index in [1.54, 1.807) is 0 Å². The normalized spacial score (nSPS) is 22.3. The highest BCUT2D eigenvalue weighted by molar-refractivity contribution is 5.72. The highest BCUT2D eigenvalue weighted by Gasteiger charge is 2.22. The molecule has 1 aliphatic carbocycles. The van der Waals surface area contributed by atoms with Gasteiger partial charge in [-0.25, -0.2) is 0 Å². The highest BCUT2D eigenvalue weighted by Crippen LogP contribution is 2.28. The molecule has 0 heterocycles. The number of hydrogen-bond acceptors (Lipinski definition) is 4. The Labute approximate surface area is 133 Å². The van der Waals surface area contributed by atoms with Gasteiger partial charge in [-0.1, -0.05) is 12.8 Å². The first-order chi connectivity index (χ1) is 10.3. The van der Waals surface area contributed by atoms with Gasteiger partial charge in [-0.05, 0) is 58.8 Å². The van der Waals surface area contributed by atoms with Crippen molar-refractivity contribution in [2.24, 2.45) is 5.92 Å². The van der Waals surface area contributed by atoms with E-state index < -0.39 is 11.6 Å². The smallest absolute Gasteiger partial charge is 0.320 e. The fraction of sp³-hybridized carbons (Fsp3) is 0.882. The molecule has 22 heavy (non-hydrogen) atoms. The summed E-state index contributed by atoms with van der Waals surface area (Å²) in [5.74, 6) is -0.174. The molecule has 128 valence electrons. The number of nitrogens with one attached hydrogen (secondary N) is 1. The van der Waals surface area contributed by atoms with Crippen LogP contribution in [0.5, 0.6) is 0 Å². The minimum atomic E-state index is -0.699. The zero-order valence-electron chi connectivity index (χ0n) is 14.2. The number of rotatable bonds is 8. The molecule has 0 aliphatic heterocycles. The lowest BCUT2D eigenvalue weighted by Gasteiger charge is -2.29. The molecule has 5 heteroatoms. The van der Waals surface area contributed by atoms with E-state index >= 15 is 0 Å². The molecule has 1 fully saturated rings. The standard InChI is InChI=1S/C17H31NO4/c1-17(2,3)22-16(21)12-18-14-10-8-13(9-11-14)6-4-5-7-15(19)20/h13-14,18H,4-12H2,1-3H3,(H,19,20). The predicted molar refractivity (Wildman–Crippen MR) is 85.7 cm³/mol. The summed E-state index contributed by atoms with van der Waals surface area (Å²) in [4.78, 5) is 22.1. The van der Waals surface area contributed by atoms with Crippen LogP contribution in [0.4, 0.5) is 0 Å². The topological polar surface area (TPSA) is 75.6 Å². The molecule has 0 aromatic heterocycles. The Bertz CT molecular complexity index is 354. The van der Waals surface area contributed by atoms with Crippen LogP contribution in [-0.4, -0.2) is 35.2 Å². The van der Waals surface area contributed by atoms with Crippen LogP contribution in [0, 0.1) is 5.92 Å². The number of aliphatic carboxylic acids is 1. The van der Waals surface area contributed by atoms with Gasteiger partial charge >= 0.3 is 11.9 Å². The van der Waals surface area contributed by atoms with Crippen LogP contribution < -0.4 is 5.32 Å². The van der Waals surface area contributed by atoms with Gasteiger partial charge in [0, 0.05) is 12.5 Å². The van der Waals surface area contributed by atoms with Crippen molar-refractivity contribution in [3.63, 3.8) is 0 Å². The van der Waals surface area contributed by atoms with Crippen LogP contribution >= 0.6 is 0 Å². The van der Waals surface area contributed by atoms with Crippen LogP contribution in [0.2, 0.25) is 0 Å². The second-order valence-electron chi connectivity index (χ2n) is 7.32. The van der Waals surface area contributed by atoms with Gasteiger partial charge in [0.25, 0.3) is 0 Å². The maximum atomic E-state index is 11.7. The van der Waals surface area contributed by atoms with Gasteiger partial charge in [-0.3, -0.25) is 9.59 Å². The molecule has 0 aromatic rings. The van der Waals surface area contributed by atoms with Gasteiger partial charge in [0.15, 0.2) is 0 Å². The molecule has 0 radical (unpaired) electrons. The van der Waals surface area contributed by atoms with E-state index in [1.807, 2.05) is 20.8 Å². The maximum Gasteiger partial charge on any atom is 0.320 e. The second-order valence-corrected chi connectivity index (χ2v) is 7.32. The fourth-order valence-electron chi connectivity index (χ4n) is 2.97. The third-order valence-corrected chi connectivity index (χ3v) is 4.05. The Hall–Kier alpha value is -1.10. The van der Waals surface area contributed by atoms with Crippen LogP contribution in [0.1, 0.15) is 72.1 Å². The van der Waals surface area contributed by atoms with Gasteiger partial charge in [-0.15, -0.1) is 0 Å². The van der Waals surface area contributed by atoms with E-state index in [2.05, 4.69) is 5.32 Å². The molecule has 1 saturated carbocycles. The fourth-order valence-corrected chi connectivity index (χ4v) is 2.97. The number of carboxylic acids is 1. The quantitative estimate of drug-likeness (QED) is 0.532. The minimum Gasteiger partial charge on any atom is -0.481 e. The van der Waals surface area contributed by atoms with Gasteiger partial charge < -0.3 is 15.2 Å². The van der Waals surface area contributed by atoms with Gasteiger partial charge in [0.05, 0.1) is 6.54 Å². The maximum absolute atomic E-state index is 11.7. The monoisotopic (exact) mass is 313 g/mol. The third-order valence-electron chi connectivity index (χ3n) is 4.05. The average molecular weight is 313 g/mol. The first kappa shape index (κ1) is 18.9. The lowest BCUT2D eigenvalue weighted by molar-refractivity contribution is -0.153. The van der Waals surface area contributed by atoms with Crippen molar-refractivity contribution in [2.45, 2.75) is 83.8 Å². The van der Waals surface area contributed by atoms with Crippen molar-refractivity contribution < 1.29 is 19.4 Å². The van der Waals surface area contributed by atoms with Gasteiger partial charge in [-0.2, -0.15) is 0 Å². The Morgan fingerprint density at radius 3 is 2.32 bits per heavy atom. The summed E-state index contributed by atoms with van der Waals surface area (Å²) in [6.45, 7) is 5.91. The Balaban J connectivity index is 2.10. The highest BCUT2D eigenvalue weighted by atomic mass is 16.6. The van der Waals surface area contributed by atoms with Gasteiger partial charge in [0.2, 0.25) is 0 Å². The van der Waals surface area contributed by atoms with Crippen LogP contribution in [-0.2, 0) is 14.3 Å². The largest absolute Gasteiger partial charge is 0.481 e. The van der Waals surface area contributed by atoms with Crippen LogP contribution in [0.3, 0.4) is 0 Å². The summed E-state index contributed by atoms with van der Waals surface area (Å²) in [5.41, 5.74) is -0.424. The summed E-state index contributed by atoms with van der Waals surface area (Å²) in [7, 11) is 0. The summed E-state index contributed by atoms with van der Waals surface area (Å²) < 4.78 is 5.29. The number of carbonyl (C=O) groups is 2. The Morgan fingerprint density at radius 2 is 1.77 bits per heavy atom. The molecule has 0 aromatic carbocycles. The van der Waals surface area contributed by atoms with Crippen molar-refractivity contribution in [2.75, 3.05) is 6.54 Å². The van der Waals surface area contributed by atoms with E-state index in [0.717, 1.165) is 32.1 Å².